The molecule has 1 amide bonds. The topological polar surface area (TPSA) is 72.8 Å². The SMILES string of the molecule is O=C(Nc1ccc(OCc2ccccc2)cc1)C1CC(c2cccnc2)=NO1. The van der Waals surface area contributed by atoms with Crippen LogP contribution in [0.5, 0.6) is 5.75 Å². The van der Waals surface area contributed by atoms with E-state index >= 15 is 0 Å². The van der Waals surface area contributed by atoms with Crippen molar-refractivity contribution in [3.8, 4) is 5.75 Å². The molecule has 0 bridgehead atoms. The van der Waals surface area contributed by atoms with Crippen LogP contribution in [-0.2, 0) is 16.2 Å². The maximum absolute atomic E-state index is 12.4. The summed E-state index contributed by atoms with van der Waals surface area (Å²) in [5.74, 6) is 0.502. The van der Waals surface area contributed by atoms with E-state index in [1.807, 2.05) is 54.6 Å². The van der Waals surface area contributed by atoms with Crippen LogP contribution >= 0.6 is 0 Å². The third-order valence-corrected chi connectivity index (χ3v) is 4.33. The zero-order valence-corrected chi connectivity index (χ0v) is 15.1. The van der Waals surface area contributed by atoms with Gasteiger partial charge in [0.1, 0.15) is 12.4 Å². The Kier molecular flexibility index (Phi) is 5.29. The molecule has 2 heterocycles. The van der Waals surface area contributed by atoms with Crippen LogP contribution in [-0.4, -0.2) is 22.7 Å². The van der Waals surface area contributed by atoms with Crippen molar-refractivity contribution in [1.82, 2.24) is 4.98 Å². The van der Waals surface area contributed by atoms with Crippen molar-refractivity contribution in [2.75, 3.05) is 5.32 Å². The van der Waals surface area contributed by atoms with Gasteiger partial charge in [0.05, 0.1) is 5.71 Å². The fraction of sp³-hybridized carbons (Fsp3) is 0.136. The standard InChI is InChI=1S/C22H19N3O3/c26-22(21-13-20(25-28-21)17-7-4-12-23-14-17)24-18-8-10-19(11-9-18)27-15-16-5-2-1-3-6-16/h1-12,14,21H,13,15H2,(H,24,26). The Morgan fingerprint density at radius 2 is 1.89 bits per heavy atom. The largest absolute Gasteiger partial charge is 0.489 e. The minimum absolute atomic E-state index is 0.236. The van der Waals surface area contributed by atoms with Gasteiger partial charge >= 0.3 is 0 Å². The first-order valence-corrected chi connectivity index (χ1v) is 8.99. The number of carbonyl (C=O) groups excluding carboxylic acids is 1. The number of hydrogen-bond acceptors (Lipinski definition) is 5. The number of nitrogens with zero attached hydrogens (tertiary/aromatic N) is 2. The number of amides is 1. The van der Waals surface area contributed by atoms with Gasteiger partial charge < -0.3 is 14.9 Å². The van der Waals surface area contributed by atoms with Gasteiger partial charge in [0, 0.05) is 30.1 Å². The van der Waals surface area contributed by atoms with Crippen molar-refractivity contribution in [1.29, 1.82) is 0 Å². The van der Waals surface area contributed by atoms with Crippen LogP contribution in [0.3, 0.4) is 0 Å². The summed E-state index contributed by atoms with van der Waals surface area (Å²) >= 11 is 0. The second kappa shape index (κ2) is 8.35. The molecule has 0 saturated heterocycles. The second-order valence-electron chi connectivity index (χ2n) is 6.37. The number of anilines is 1. The lowest BCUT2D eigenvalue weighted by Gasteiger charge is -2.11. The molecule has 3 aromatic rings. The van der Waals surface area contributed by atoms with Gasteiger partial charge in [0.2, 0.25) is 6.10 Å². The van der Waals surface area contributed by atoms with Gasteiger partial charge in [-0.1, -0.05) is 35.5 Å². The number of nitrogens with one attached hydrogen (secondary N) is 1. The summed E-state index contributed by atoms with van der Waals surface area (Å²) in [6.45, 7) is 0.497. The molecule has 0 radical (unpaired) electrons. The molecular formula is C22H19N3O3. The van der Waals surface area contributed by atoms with Crippen molar-refractivity contribution in [3.05, 3.63) is 90.3 Å². The van der Waals surface area contributed by atoms with Gasteiger partial charge in [0.15, 0.2) is 0 Å². The minimum atomic E-state index is -0.649. The van der Waals surface area contributed by atoms with Gasteiger partial charge in [-0.05, 0) is 42.0 Å². The Hall–Kier alpha value is -3.67. The van der Waals surface area contributed by atoms with Crippen molar-refractivity contribution in [3.63, 3.8) is 0 Å². The summed E-state index contributed by atoms with van der Waals surface area (Å²) in [4.78, 5) is 21.8. The van der Waals surface area contributed by atoms with Crippen LogP contribution in [0.15, 0.2) is 84.3 Å². The van der Waals surface area contributed by atoms with E-state index < -0.39 is 6.10 Å². The van der Waals surface area contributed by atoms with Crippen molar-refractivity contribution < 1.29 is 14.4 Å². The Morgan fingerprint density at radius 1 is 1.07 bits per heavy atom. The maximum atomic E-state index is 12.4. The van der Waals surface area contributed by atoms with Gasteiger partial charge in [-0.25, -0.2) is 0 Å². The first-order chi connectivity index (χ1) is 13.8. The number of carbonyl (C=O) groups is 1. The number of aromatic nitrogens is 1. The van der Waals surface area contributed by atoms with Gasteiger partial charge in [0.25, 0.3) is 5.91 Å². The first kappa shape index (κ1) is 17.7. The third-order valence-electron chi connectivity index (χ3n) is 4.33. The number of rotatable bonds is 6. The average Bonchev–Trinajstić information content (AvgIpc) is 3.25. The molecule has 1 atom stereocenters. The van der Waals surface area contributed by atoms with Gasteiger partial charge in [-0.2, -0.15) is 0 Å². The number of oxime groups is 1. The maximum Gasteiger partial charge on any atom is 0.268 e. The van der Waals surface area contributed by atoms with Crippen molar-refractivity contribution in [2.45, 2.75) is 19.1 Å². The summed E-state index contributed by atoms with van der Waals surface area (Å²) < 4.78 is 5.75. The highest BCUT2D eigenvalue weighted by Gasteiger charge is 2.29. The highest BCUT2D eigenvalue weighted by atomic mass is 16.6. The molecule has 140 valence electrons. The van der Waals surface area contributed by atoms with Crippen molar-refractivity contribution in [2.24, 2.45) is 5.16 Å². The number of ether oxygens (including phenoxy) is 1. The predicted molar refractivity (Wildman–Crippen MR) is 106 cm³/mol. The van der Waals surface area contributed by atoms with E-state index in [1.54, 1.807) is 24.5 Å². The van der Waals surface area contributed by atoms with E-state index in [0.29, 0.717) is 18.7 Å². The highest BCUT2D eigenvalue weighted by Crippen LogP contribution is 2.20. The zero-order valence-electron chi connectivity index (χ0n) is 15.1. The number of pyridine rings is 1. The van der Waals surface area contributed by atoms with E-state index in [9.17, 15) is 4.79 Å². The van der Waals surface area contributed by atoms with Crippen LogP contribution < -0.4 is 10.1 Å². The molecule has 1 aliphatic rings. The lowest BCUT2D eigenvalue weighted by molar-refractivity contribution is -0.125. The van der Waals surface area contributed by atoms with Crippen LogP contribution in [0, 0.1) is 0 Å². The Bertz CT molecular complexity index is 957. The van der Waals surface area contributed by atoms with Crippen LogP contribution in [0.4, 0.5) is 5.69 Å². The Balaban J connectivity index is 1.29. The molecule has 6 heteroatoms. The summed E-state index contributed by atoms with van der Waals surface area (Å²) in [5.41, 5.74) is 3.36. The lowest BCUT2D eigenvalue weighted by Crippen LogP contribution is -2.28. The molecule has 2 aromatic carbocycles. The van der Waals surface area contributed by atoms with Crippen molar-refractivity contribution >= 4 is 17.3 Å². The van der Waals surface area contributed by atoms with Gasteiger partial charge in [-0.15, -0.1) is 0 Å². The highest BCUT2D eigenvalue weighted by molar-refractivity contribution is 6.05. The summed E-state index contributed by atoms with van der Waals surface area (Å²) in [6, 6.07) is 20.9. The smallest absolute Gasteiger partial charge is 0.268 e. The third kappa shape index (κ3) is 4.35. The van der Waals surface area contributed by atoms with E-state index in [-0.39, 0.29) is 5.91 Å². The Labute approximate surface area is 162 Å². The number of hydrogen-bond donors (Lipinski definition) is 1. The second-order valence-corrected chi connectivity index (χ2v) is 6.37. The molecule has 0 fully saturated rings. The summed E-state index contributed by atoms with van der Waals surface area (Å²) in [6.07, 6.45) is 3.16. The molecule has 6 nitrogen and oxygen atoms in total. The van der Waals surface area contributed by atoms with Gasteiger partial charge in [-0.3, -0.25) is 9.78 Å². The zero-order chi connectivity index (χ0) is 19.2. The normalized spacial score (nSPS) is 15.4. The first-order valence-electron chi connectivity index (χ1n) is 8.99. The fourth-order valence-electron chi connectivity index (χ4n) is 2.82. The molecule has 0 saturated carbocycles. The van der Waals surface area contributed by atoms with E-state index in [0.717, 1.165) is 22.6 Å². The molecule has 1 unspecified atom stereocenters. The minimum Gasteiger partial charge on any atom is -0.489 e. The quantitative estimate of drug-likeness (QED) is 0.713. The lowest BCUT2D eigenvalue weighted by atomic mass is 10.1. The van der Waals surface area contributed by atoms with Crippen LogP contribution in [0.25, 0.3) is 0 Å². The molecule has 28 heavy (non-hydrogen) atoms. The van der Waals surface area contributed by atoms with E-state index in [2.05, 4.69) is 15.5 Å². The van der Waals surface area contributed by atoms with Crippen LogP contribution in [0.1, 0.15) is 17.5 Å². The molecule has 1 N–H and O–H groups in total. The summed E-state index contributed by atoms with van der Waals surface area (Å²) in [5, 5.41) is 6.86. The van der Waals surface area contributed by atoms with E-state index in [1.165, 1.54) is 0 Å². The van der Waals surface area contributed by atoms with E-state index in [4.69, 9.17) is 9.57 Å². The molecule has 1 aliphatic heterocycles. The molecule has 0 spiro atoms. The fourth-order valence-corrected chi connectivity index (χ4v) is 2.82. The number of benzene rings is 2. The summed E-state index contributed by atoms with van der Waals surface area (Å²) in [7, 11) is 0. The molecule has 0 aliphatic carbocycles. The average molecular weight is 373 g/mol. The molecular weight excluding hydrogens is 354 g/mol. The Morgan fingerprint density at radius 3 is 2.64 bits per heavy atom. The molecule has 1 aromatic heterocycles. The van der Waals surface area contributed by atoms with Crippen LogP contribution in [0.2, 0.25) is 0 Å². The monoisotopic (exact) mass is 373 g/mol. The predicted octanol–water partition coefficient (Wildman–Crippen LogP) is 3.79. The molecule has 4 rings (SSSR count).